The molecule has 0 aromatic heterocycles. The zero-order valence-electron chi connectivity index (χ0n) is 17.8. The molecule has 1 atom stereocenters. The lowest BCUT2D eigenvalue weighted by Crippen LogP contribution is -2.27. The first-order valence-corrected chi connectivity index (χ1v) is 11.5. The lowest BCUT2D eigenvalue weighted by molar-refractivity contribution is -0.113. The first-order chi connectivity index (χ1) is 14.9. The minimum absolute atomic E-state index is 0.0811. The highest BCUT2D eigenvalue weighted by Crippen LogP contribution is 2.39. The molecule has 0 saturated carbocycles. The molecule has 1 aliphatic heterocycles. The molecule has 0 bridgehead atoms. The van der Waals surface area contributed by atoms with Gasteiger partial charge in [0.1, 0.15) is 5.75 Å². The van der Waals surface area contributed by atoms with Crippen LogP contribution in [0.5, 0.6) is 17.2 Å². The second-order valence-corrected chi connectivity index (χ2v) is 8.89. The predicted octanol–water partition coefficient (Wildman–Crippen LogP) is 6.33. The molecule has 31 heavy (non-hydrogen) atoms. The second kappa shape index (κ2) is 10.4. The number of anilines is 1. The number of halogens is 1. The van der Waals surface area contributed by atoms with Crippen LogP contribution < -0.4 is 19.1 Å². The van der Waals surface area contributed by atoms with Gasteiger partial charge in [0.2, 0.25) is 0 Å². The number of hydrogen-bond acceptors (Lipinski definition) is 6. The van der Waals surface area contributed by atoms with Gasteiger partial charge in [0.05, 0.1) is 35.4 Å². The highest BCUT2D eigenvalue weighted by atomic mass is 35.5. The molecule has 2 aromatic carbocycles. The van der Waals surface area contributed by atoms with E-state index in [9.17, 15) is 4.79 Å². The Morgan fingerprint density at radius 1 is 1.16 bits per heavy atom. The van der Waals surface area contributed by atoms with E-state index in [-0.39, 0.29) is 12.0 Å². The number of thiocarbonyl (C=S) groups is 1. The van der Waals surface area contributed by atoms with Crippen LogP contribution in [0, 0.1) is 0 Å². The third-order valence-corrected chi connectivity index (χ3v) is 6.25. The van der Waals surface area contributed by atoms with Crippen LogP contribution in [-0.2, 0) is 4.79 Å². The summed E-state index contributed by atoms with van der Waals surface area (Å²) in [5.74, 6) is 1.67. The fourth-order valence-corrected chi connectivity index (χ4v) is 4.47. The largest absolute Gasteiger partial charge is 0.495 e. The summed E-state index contributed by atoms with van der Waals surface area (Å²) in [4.78, 5) is 15.1. The van der Waals surface area contributed by atoms with Crippen molar-refractivity contribution in [1.29, 1.82) is 0 Å². The molecular weight excluding hydrogens is 454 g/mol. The Kier molecular flexibility index (Phi) is 7.86. The molecule has 1 heterocycles. The van der Waals surface area contributed by atoms with Crippen molar-refractivity contribution >= 4 is 57.6 Å². The van der Waals surface area contributed by atoms with E-state index in [4.69, 9.17) is 38.0 Å². The number of rotatable bonds is 8. The molecule has 2 aromatic rings. The Morgan fingerprint density at radius 2 is 1.90 bits per heavy atom. The first kappa shape index (κ1) is 23.4. The van der Waals surface area contributed by atoms with E-state index in [0.717, 1.165) is 12.0 Å². The van der Waals surface area contributed by atoms with Crippen LogP contribution >= 0.6 is 35.6 Å². The number of carbonyl (C=O) groups is 1. The molecule has 1 fully saturated rings. The van der Waals surface area contributed by atoms with Gasteiger partial charge < -0.3 is 14.2 Å². The van der Waals surface area contributed by atoms with Crippen LogP contribution in [-0.4, -0.2) is 30.0 Å². The van der Waals surface area contributed by atoms with Crippen LogP contribution in [0.15, 0.2) is 41.3 Å². The van der Waals surface area contributed by atoms with Crippen LogP contribution in [0.25, 0.3) is 6.08 Å². The number of nitrogens with zero attached hydrogens (tertiary/aromatic N) is 1. The number of amides is 1. The van der Waals surface area contributed by atoms with Crippen LogP contribution in [0.3, 0.4) is 0 Å². The van der Waals surface area contributed by atoms with E-state index in [0.29, 0.717) is 43.8 Å². The number of thioether (sulfide) groups is 1. The third kappa shape index (κ3) is 5.34. The Morgan fingerprint density at radius 3 is 2.55 bits per heavy atom. The molecule has 0 spiro atoms. The number of benzene rings is 2. The average Bonchev–Trinajstić information content (AvgIpc) is 3.02. The Hall–Kier alpha value is -2.22. The van der Waals surface area contributed by atoms with Crippen molar-refractivity contribution in [2.24, 2.45) is 0 Å². The van der Waals surface area contributed by atoms with Gasteiger partial charge in [0, 0.05) is 0 Å². The van der Waals surface area contributed by atoms with E-state index in [1.165, 1.54) is 16.7 Å². The number of methoxy groups -OCH3 is 1. The van der Waals surface area contributed by atoms with Crippen molar-refractivity contribution in [3.63, 3.8) is 0 Å². The molecule has 1 aliphatic rings. The molecule has 8 heteroatoms. The smallest absolute Gasteiger partial charge is 0.270 e. The summed E-state index contributed by atoms with van der Waals surface area (Å²) in [5.41, 5.74) is 1.43. The van der Waals surface area contributed by atoms with Gasteiger partial charge in [-0.25, -0.2) is 0 Å². The molecule has 0 unspecified atom stereocenters. The summed E-state index contributed by atoms with van der Waals surface area (Å²) in [6.07, 6.45) is 2.78. The minimum atomic E-state index is -0.200. The van der Waals surface area contributed by atoms with Crippen LogP contribution in [0.4, 0.5) is 5.69 Å². The normalized spacial score (nSPS) is 16.0. The lowest BCUT2D eigenvalue weighted by Gasteiger charge is -2.17. The lowest BCUT2D eigenvalue weighted by atomic mass is 10.1. The van der Waals surface area contributed by atoms with E-state index >= 15 is 0 Å². The van der Waals surface area contributed by atoms with Gasteiger partial charge in [-0.2, -0.15) is 0 Å². The topological polar surface area (TPSA) is 48.0 Å². The maximum absolute atomic E-state index is 13.1. The van der Waals surface area contributed by atoms with Crippen molar-refractivity contribution in [2.45, 2.75) is 33.3 Å². The summed E-state index contributed by atoms with van der Waals surface area (Å²) in [7, 11) is 1.54. The number of carbonyl (C=O) groups excluding carboxylic acids is 1. The summed E-state index contributed by atoms with van der Waals surface area (Å²) < 4.78 is 17.3. The van der Waals surface area contributed by atoms with Crippen molar-refractivity contribution in [3.05, 3.63) is 51.9 Å². The Balaban J connectivity index is 1.88. The van der Waals surface area contributed by atoms with Gasteiger partial charge >= 0.3 is 0 Å². The quantitative estimate of drug-likeness (QED) is 0.327. The van der Waals surface area contributed by atoms with Gasteiger partial charge in [-0.1, -0.05) is 48.6 Å². The number of hydrogen-bond donors (Lipinski definition) is 0. The van der Waals surface area contributed by atoms with Gasteiger partial charge in [0.25, 0.3) is 5.91 Å². The van der Waals surface area contributed by atoms with Gasteiger partial charge in [-0.05, 0) is 62.2 Å². The van der Waals surface area contributed by atoms with Crippen molar-refractivity contribution in [3.8, 4) is 17.2 Å². The first-order valence-electron chi connectivity index (χ1n) is 9.92. The Labute approximate surface area is 197 Å². The zero-order valence-corrected chi connectivity index (χ0v) is 20.2. The van der Waals surface area contributed by atoms with E-state index in [1.807, 2.05) is 32.0 Å². The van der Waals surface area contributed by atoms with Crippen molar-refractivity contribution in [1.82, 2.24) is 0 Å². The van der Waals surface area contributed by atoms with Gasteiger partial charge in [-0.15, -0.1) is 0 Å². The predicted molar refractivity (Wildman–Crippen MR) is 132 cm³/mol. The van der Waals surface area contributed by atoms with E-state index in [1.54, 1.807) is 31.4 Å². The van der Waals surface area contributed by atoms with Crippen molar-refractivity contribution < 1.29 is 19.0 Å². The fraction of sp³-hybridized carbons (Fsp3) is 0.304. The van der Waals surface area contributed by atoms with E-state index in [2.05, 4.69) is 6.92 Å². The van der Waals surface area contributed by atoms with Gasteiger partial charge in [-0.3, -0.25) is 9.69 Å². The molecule has 0 N–H and O–H groups in total. The molecule has 3 rings (SSSR count). The SMILES string of the molecule is CCOc1cc(/C=C2/SC(=S)N(c3ccc(OC)c(Cl)c3)C2=O)ccc1O[C@@H](C)CC. The van der Waals surface area contributed by atoms with Crippen molar-refractivity contribution in [2.75, 3.05) is 18.6 Å². The summed E-state index contributed by atoms with van der Waals surface area (Å²) in [6, 6.07) is 10.8. The standard InChI is InChI=1S/C23H24ClNO4S2/c1-5-14(3)29-19-9-7-15(11-20(19)28-6-2)12-21-22(26)25(23(30)31-21)16-8-10-18(27-4)17(24)13-16/h7-14H,5-6H2,1-4H3/b21-12+/t14-/m0/s1. The third-order valence-electron chi connectivity index (χ3n) is 4.66. The summed E-state index contributed by atoms with van der Waals surface area (Å²) in [6.45, 7) is 6.52. The zero-order chi connectivity index (χ0) is 22.5. The van der Waals surface area contributed by atoms with E-state index < -0.39 is 0 Å². The average molecular weight is 478 g/mol. The maximum Gasteiger partial charge on any atom is 0.270 e. The molecule has 5 nitrogen and oxygen atoms in total. The van der Waals surface area contributed by atoms with Crippen LogP contribution in [0.2, 0.25) is 5.02 Å². The molecule has 164 valence electrons. The van der Waals surface area contributed by atoms with Crippen LogP contribution in [0.1, 0.15) is 32.8 Å². The van der Waals surface area contributed by atoms with Gasteiger partial charge in [0.15, 0.2) is 15.8 Å². The molecule has 0 radical (unpaired) electrons. The molecule has 1 amide bonds. The summed E-state index contributed by atoms with van der Waals surface area (Å²) >= 11 is 12.9. The fourth-order valence-electron chi connectivity index (χ4n) is 2.92. The second-order valence-electron chi connectivity index (χ2n) is 6.81. The molecular formula is C23H24ClNO4S2. The highest BCUT2D eigenvalue weighted by molar-refractivity contribution is 8.27. The summed E-state index contributed by atoms with van der Waals surface area (Å²) in [5, 5.41) is 0.413. The highest BCUT2D eigenvalue weighted by Gasteiger charge is 2.33. The molecule has 1 saturated heterocycles. The number of ether oxygens (including phenoxy) is 3. The monoisotopic (exact) mass is 477 g/mol. The minimum Gasteiger partial charge on any atom is -0.495 e. The Bertz CT molecular complexity index is 1020. The maximum atomic E-state index is 13.1. The molecule has 0 aliphatic carbocycles.